The smallest absolute Gasteiger partial charge is 0.280 e. The molecule has 2 rings (SSSR count). The highest BCUT2D eigenvalue weighted by Gasteiger charge is 2.15. The molecule has 0 saturated carbocycles. The van der Waals surface area contributed by atoms with Crippen LogP contribution in [0.3, 0.4) is 0 Å². The maximum atomic E-state index is 12.0. The van der Waals surface area contributed by atoms with Crippen molar-refractivity contribution in [1.29, 1.82) is 0 Å². The van der Waals surface area contributed by atoms with Crippen molar-refractivity contribution >= 4 is 28.1 Å². The first-order valence-electron chi connectivity index (χ1n) is 6.99. The first-order chi connectivity index (χ1) is 11.1. The molecular weight excluding hydrogens is 360 g/mol. The number of nitrogens with one attached hydrogen (secondary N) is 1. The maximum Gasteiger partial charge on any atom is 0.280 e. The Kier molecular flexibility index (Phi) is 6.17. The van der Waals surface area contributed by atoms with Gasteiger partial charge in [-0.3, -0.25) is 4.79 Å². The second-order valence-corrected chi connectivity index (χ2v) is 5.52. The summed E-state index contributed by atoms with van der Waals surface area (Å²) >= 11 is 3.37. The summed E-state index contributed by atoms with van der Waals surface area (Å²) in [7, 11) is 1.58. The summed E-state index contributed by atoms with van der Waals surface area (Å²) in [4.78, 5) is 12.0. The predicted molar refractivity (Wildman–Crippen MR) is 93.0 cm³/mol. The third kappa shape index (κ3) is 4.82. The zero-order valence-corrected chi connectivity index (χ0v) is 14.4. The van der Waals surface area contributed by atoms with E-state index < -0.39 is 6.10 Å². The van der Waals surface area contributed by atoms with Crippen molar-refractivity contribution in [2.24, 2.45) is 5.10 Å². The number of hydrogen-bond acceptors (Lipinski definition) is 4. The van der Waals surface area contributed by atoms with E-state index in [1.165, 1.54) is 6.21 Å². The van der Waals surface area contributed by atoms with E-state index in [4.69, 9.17) is 9.47 Å². The quantitative estimate of drug-likeness (QED) is 0.620. The molecule has 0 aromatic heterocycles. The third-order valence-electron chi connectivity index (χ3n) is 3.03. The summed E-state index contributed by atoms with van der Waals surface area (Å²) in [6.45, 7) is 1.66. The fourth-order valence-electron chi connectivity index (χ4n) is 1.81. The van der Waals surface area contributed by atoms with Crippen LogP contribution in [0.5, 0.6) is 11.5 Å². The van der Waals surface area contributed by atoms with Gasteiger partial charge in [0.2, 0.25) is 0 Å². The Labute approximate surface area is 143 Å². The largest absolute Gasteiger partial charge is 0.496 e. The molecule has 0 aliphatic heterocycles. The second kappa shape index (κ2) is 8.33. The average Bonchev–Trinajstić information content (AvgIpc) is 2.57. The zero-order valence-electron chi connectivity index (χ0n) is 12.8. The normalized spacial score (nSPS) is 12.0. The minimum absolute atomic E-state index is 0.341. The van der Waals surface area contributed by atoms with Crippen molar-refractivity contribution < 1.29 is 14.3 Å². The van der Waals surface area contributed by atoms with Crippen LogP contribution in [0.15, 0.2) is 58.1 Å². The van der Waals surface area contributed by atoms with Crippen LogP contribution in [0.25, 0.3) is 0 Å². The van der Waals surface area contributed by atoms with Gasteiger partial charge in [0.1, 0.15) is 11.5 Å². The number of halogens is 1. The van der Waals surface area contributed by atoms with Gasteiger partial charge in [-0.2, -0.15) is 5.10 Å². The monoisotopic (exact) mass is 376 g/mol. The molecule has 0 aliphatic rings. The highest BCUT2D eigenvalue weighted by atomic mass is 79.9. The van der Waals surface area contributed by atoms with Crippen molar-refractivity contribution in [2.75, 3.05) is 7.11 Å². The first kappa shape index (κ1) is 17.0. The number of hydrazone groups is 1. The lowest BCUT2D eigenvalue weighted by Gasteiger charge is -2.14. The molecule has 0 bridgehead atoms. The number of ether oxygens (including phenoxy) is 2. The minimum Gasteiger partial charge on any atom is -0.496 e. The summed E-state index contributed by atoms with van der Waals surface area (Å²) < 4.78 is 11.6. The molecule has 1 atom stereocenters. The van der Waals surface area contributed by atoms with Gasteiger partial charge in [0.15, 0.2) is 6.10 Å². The Morgan fingerprint density at radius 1 is 1.17 bits per heavy atom. The van der Waals surface area contributed by atoms with Crippen LogP contribution < -0.4 is 14.9 Å². The van der Waals surface area contributed by atoms with E-state index in [9.17, 15) is 4.79 Å². The fraction of sp³-hybridized carbons (Fsp3) is 0.176. The standard InChI is InChI=1S/C17H17BrN2O3/c1-12(23-16-10-6-4-8-14(16)18)17(21)20-19-11-13-7-3-5-9-15(13)22-2/h3-12H,1-2H3,(H,20,21)/b19-11-/t12-/m0/s1. The molecule has 1 amide bonds. The summed E-state index contributed by atoms with van der Waals surface area (Å²) in [5.74, 6) is 0.943. The molecule has 0 radical (unpaired) electrons. The lowest BCUT2D eigenvalue weighted by molar-refractivity contribution is -0.127. The molecule has 0 heterocycles. The molecule has 0 saturated heterocycles. The Morgan fingerprint density at radius 3 is 2.52 bits per heavy atom. The van der Waals surface area contributed by atoms with E-state index in [0.717, 1.165) is 10.0 Å². The van der Waals surface area contributed by atoms with Gasteiger partial charge < -0.3 is 9.47 Å². The molecule has 6 heteroatoms. The van der Waals surface area contributed by atoms with Crippen molar-refractivity contribution in [3.05, 3.63) is 58.6 Å². The van der Waals surface area contributed by atoms with Crippen LogP contribution in [0.2, 0.25) is 0 Å². The topological polar surface area (TPSA) is 59.9 Å². The van der Waals surface area contributed by atoms with Gasteiger partial charge in [0, 0.05) is 5.56 Å². The number of carbonyl (C=O) groups is 1. The van der Waals surface area contributed by atoms with Gasteiger partial charge in [-0.15, -0.1) is 0 Å². The van der Waals surface area contributed by atoms with Crippen molar-refractivity contribution in [3.8, 4) is 11.5 Å². The molecule has 0 fully saturated rings. The fourth-order valence-corrected chi connectivity index (χ4v) is 2.19. The summed E-state index contributed by atoms with van der Waals surface area (Å²) in [6.07, 6.45) is 0.852. The number of carbonyl (C=O) groups excluding carboxylic acids is 1. The van der Waals surface area contributed by atoms with Crippen LogP contribution in [0.1, 0.15) is 12.5 Å². The van der Waals surface area contributed by atoms with Crippen LogP contribution >= 0.6 is 15.9 Å². The highest BCUT2D eigenvalue weighted by molar-refractivity contribution is 9.10. The van der Waals surface area contributed by atoms with Gasteiger partial charge in [-0.25, -0.2) is 5.43 Å². The van der Waals surface area contributed by atoms with Crippen LogP contribution in [0.4, 0.5) is 0 Å². The molecule has 0 aliphatic carbocycles. The van der Waals surface area contributed by atoms with Crippen LogP contribution in [-0.2, 0) is 4.79 Å². The maximum absolute atomic E-state index is 12.0. The molecule has 1 N–H and O–H groups in total. The average molecular weight is 377 g/mol. The molecule has 5 nitrogen and oxygen atoms in total. The van der Waals surface area contributed by atoms with Crippen LogP contribution in [0, 0.1) is 0 Å². The van der Waals surface area contributed by atoms with Gasteiger partial charge >= 0.3 is 0 Å². The highest BCUT2D eigenvalue weighted by Crippen LogP contribution is 2.24. The number of benzene rings is 2. The molecule has 23 heavy (non-hydrogen) atoms. The number of rotatable bonds is 6. The van der Waals surface area contributed by atoms with Gasteiger partial charge in [-0.05, 0) is 47.1 Å². The van der Waals surface area contributed by atoms with Gasteiger partial charge in [0.05, 0.1) is 17.8 Å². The number of hydrogen-bond donors (Lipinski definition) is 1. The SMILES string of the molecule is COc1ccccc1/C=N\NC(=O)[C@H](C)Oc1ccccc1Br. The molecule has 2 aromatic carbocycles. The summed E-state index contributed by atoms with van der Waals surface area (Å²) in [6, 6.07) is 14.7. The molecule has 0 unspecified atom stereocenters. The van der Waals surface area contributed by atoms with Gasteiger partial charge in [0.25, 0.3) is 5.91 Å². The molecular formula is C17H17BrN2O3. The third-order valence-corrected chi connectivity index (χ3v) is 3.68. The van der Waals surface area contributed by atoms with E-state index in [0.29, 0.717) is 11.5 Å². The number of para-hydroxylation sites is 2. The Balaban J connectivity index is 1.94. The van der Waals surface area contributed by atoms with E-state index >= 15 is 0 Å². The zero-order chi connectivity index (χ0) is 16.7. The van der Waals surface area contributed by atoms with E-state index in [1.807, 2.05) is 42.5 Å². The molecule has 0 spiro atoms. The Morgan fingerprint density at radius 2 is 1.83 bits per heavy atom. The Hall–Kier alpha value is -2.34. The number of amides is 1. The lowest BCUT2D eigenvalue weighted by atomic mass is 10.2. The lowest BCUT2D eigenvalue weighted by Crippen LogP contribution is -2.33. The van der Waals surface area contributed by atoms with Crippen molar-refractivity contribution in [1.82, 2.24) is 5.43 Å². The predicted octanol–water partition coefficient (Wildman–Crippen LogP) is 3.38. The molecule has 120 valence electrons. The van der Waals surface area contributed by atoms with E-state index in [1.54, 1.807) is 20.1 Å². The molecule has 2 aromatic rings. The summed E-state index contributed by atoms with van der Waals surface area (Å²) in [5.41, 5.74) is 3.23. The van der Waals surface area contributed by atoms with Crippen LogP contribution in [-0.4, -0.2) is 25.3 Å². The van der Waals surface area contributed by atoms with Crippen molar-refractivity contribution in [3.63, 3.8) is 0 Å². The van der Waals surface area contributed by atoms with E-state index in [2.05, 4.69) is 26.5 Å². The van der Waals surface area contributed by atoms with Crippen molar-refractivity contribution in [2.45, 2.75) is 13.0 Å². The number of methoxy groups -OCH3 is 1. The second-order valence-electron chi connectivity index (χ2n) is 4.67. The number of nitrogens with zero attached hydrogens (tertiary/aromatic N) is 1. The first-order valence-corrected chi connectivity index (χ1v) is 7.78. The van der Waals surface area contributed by atoms with E-state index in [-0.39, 0.29) is 5.91 Å². The minimum atomic E-state index is -0.677. The van der Waals surface area contributed by atoms with Gasteiger partial charge in [-0.1, -0.05) is 24.3 Å². The Bertz CT molecular complexity index is 704. The summed E-state index contributed by atoms with van der Waals surface area (Å²) in [5, 5.41) is 3.94.